The Balaban J connectivity index is 1.96. The molecule has 1 amide bonds. The first-order chi connectivity index (χ1) is 9.68. The molecule has 0 saturated heterocycles. The van der Waals surface area contributed by atoms with Gasteiger partial charge in [0.05, 0.1) is 5.56 Å². The number of rotatable bonds is 5. The van der Waals surface area contributed by atoms with E-state index in [1.807, 2.05) is 61.5 Å². The Labute approximate surface area is 120 Å². The van der Waals surface area contributed by atoms with Crippen molar-refractivity contribution < 1.29 is 4.79 Å². The van der Waals surface area contributed by atoms with Crippen molar-refractivity contribution in [2.24, 2.45) is 0 Å². The minimum atomic E-state index is -0.0229. The Kier molecular flexibility index (Phi) is 4.77. The molecule has 2 rings (SSSR count). The number of carbonyl (C=O) groups is 1. The highest BCUT2D eigenvalue weighted by atomic mass is 16.1. The molecule has 0 unspecified atom stereocenters. The zero-order valence-corrected chi connectivity index (χ0v) is 12.0. The van der Waals surface area contributed by atoms with Gasteiger partial charge >= 0.3 is 0 Å². The third kappa shape index (κ3) is 3.60. The van der Waals surface area contributed by atoms with Gasteiger partial charge in [0.2, 0.25) is 0 Å². The first kappa shape index (κ1) is 14.1. The number of amides is 1. The van der Waals surface area contributed by atoms with Crippen LogP contribution in [0.5, 0.6) is 0 Å². The van der Waals surface area contributed by atoms with Crippen molar-refractivity contribution in [3.05, 3.63) is 65.7 Å². The molecule has 0 aliphatic rings. The van der Waals surface area contributed by atoms with Crippen LogP contribution in [0.2, 0.25) is 0 Å². The second-order valence-corrected chi connectivity index (χ2v) is 4.90. The van der Waals surface area contributed by atoms with Gasteiger partial charge in [-0.3, -0.25) is 4.79 Å². The summed E-state index contributed by atoms with van der Waals surface area (Å²) >= 11 is 0. The van der Waals surface area contributed by atoms with Gasteiger partial charge in [0.1, 0.15) is 0 Å². The summed E-state index contributed by atoms with van der Waals surface area (Å²) < 4.78 is 0. The van der Waals surface area contributed by atoms with Crippen LogP contribution in [-0.4, -0.2) is 26.5 Å². The van der Waals surface area contributed by atoms with Crippen molar-refractivity contribution in [3.63, 3.8) is 0 Å². The fourth-order valence-electron chi connectivity index (χ4n) is 2.12. The van der Waals surface area contributed by atoms with Gasteiger partial charge in [-0.2, -0.15) is 0 Å². The highest BCUT2D eigenvalue weighted by molar-refractivity contribution is 5.99. The van der Waals surface area contributed by atoms with E-state index in [-0.39, 0.29) is 5.91 Å². The number of para-hydroxylation sites is 1. The molecule has 2 aromatic rings. The predicted octanol–water partition coefficient (Wildman–Crippen LogP) is 2.73. The molecule has 0 aromatic heterocycles. The maximum absolute atomic E-state index is 12.2. The van der Waals surface area contributed by atoms with Crippen LogP contribution < -0.4 is 10.2 Å². The Morgan fingerprint density at radius 2 is 1.65 bits per heavy atom. The molecule has 0 aliphatic carbocycles. The quantitative estimate of drug-likeness (QED) is 0.904. The zero-order chi connectivity index (χ0) is 14.4. The Morgan fingerprint density at radius 1 is 1.00 bits per heavy atom. The van der Waals surface area contributed by atoms with E-state index in [9.17, 15) is 4.79 Å². The third-order valence-electron chi connectivity index (χ3n) is 3.17. The topological polar surface area (TPSA) is 32.3 Å². The molecule has 3 heteroatoms. The van der Waals surface area contributed by atoms with Crippen LogP contribution in [0.25, 0.3) is 0 Å². The van der Waals surface area contributed by atoms with Crippen molar-refractivity contribution in [2.45, 2.75) is 6.42 Å². The van der Waals surface area contributed by atoms with Crippen LogP contribution in [0.15, 0.2) is 54.6 Å². The third-order valence-corrected chi connectivity index (χ3v) is 3.17. The summed E-state index contributed by atoms with van der Waals surface area (Å²) in [5.74, 6) is -0.0229. The predicted molar refractivity (Wildman–Crippen MR) is 83.2 cm³/mol. The van der Waals surface area contributed by atoms with Crippen LogP contribution in [0.4, 0.5) is 5.69 Å². The standard InChI is InChI=1S/C17H20N2O/c1-19(2)16-11-7-6-10-15(16)17(20)18-13-12-14-8-4-3-5-9-14/h3-11H,12-13H2,1-2H3,(H,18,20). The molecule has 2 aromatic carbocycles. The number of benzene rings is 2. The largest absolute Gasteiger partial charge is 0.377 e. The van der Waals surface area contributed by atoms with Gasteiger partial charge in [-0.15, -0.1) is 0 Å². The number of anilines is 1. The molecule has 3 nitrogen and oxygen atoms in total. The first-order valence-corrected chi connectivity index (χ1v) is 6.77. The van der Waals surface area contributed by atoms with Crippen LogP contribution in [0.1, 0.15) is 15.9 Å². The van der Waals surface area contributed by atoms with Crippen LogP contribution >= 0.6 is 0 Å². The van der Waals surface area contributed by atoms with E-state index in [0.29, 0.717) is 12.1 Å². The smallest absolute Gasteiger partial charge is 0.253 e. The summed E-state index contributed by atoms with van der Waals surface area (Å²) in [5.41, 5.74) is 2.88. The second kappa shape index (κ2) is 6.75. The van der Waals surface area contributed by atoms with Gasteiger partial charge in [0.25, 0.3) is 5.91 Å². The lowest BCUT2D eigenvalue weighted by Gasteiger charge is -2.16. The van der Waals surface area contributed by atoms with Gasteiger partial charge < -0.3 is 10.2 Å². The summed E-state index contributed by atoms with van der Waals surface area (Å²) in [6.45, 7) is 0.643. The highest BCUT2D eigenvalue weighted by Crippen LogP contribution is 2.17. The van der Waals surface area contributed by atoms with E-state index in [0.717, 1.165) is 12.1 Å². The maximum atomic E-state index is 12.2. The second-order valence-electron chi connectivity index (χ2n) is 4.90. The molecule has 1 N–H and O–H groups in total. The minimum absolute atomic E-state index is 0.0229. The lowest BCUT2D eigenvalue weighted by atomic mass is 10.1. The van der Waals surface area contributed by atoms with Crippen molar-refractivity contribution in [2.75, 3.05) is 25.5 Å². The number of nitrogens with zero attached hydrogens (tertiary/aromatic N) is 1. The number of hydrogen-bond donors (Lipinski definition) is 1. The molecular formula is C17H20N2O. The number of nitrogens with one attached hydrogen (secondary N) is 1. The van der Waals surface area contributed by atoms with Gasteiger partial charge in [-0.1, -0.05) is 42.5 Å². The molecule has 0 spiro atoms. The number of hydrogen-bond acceptors (Lipinski definition) is 2. The SMILES string of the molecule is CN(C)c1ccccc1C(=O)NCCc1ccccc1. The van der Waals surface area contributed by atoms with E-state index in [1.54, 1.807) is 0 Å². The molecule has 0 bridgehead atoms. The van der Waals surface area contributed by atoms with Crippen molar-refractivity contribution in [1.29, 1.82) is 0 Å². The van der Waals surface area contributed by atoms with Gasteiger partial charge in [-0.25, -0.2) is 0 Å². The summed E-state index contributed by atoms with van der Waals surface area (Å²) in [7, 11) is 3.88. The Bertz CT molecular complexity index is 564. The fraction of sp³-hybridized carbons (Fsp3) is 0.235. The molecule has 0 saturated carbocycles. The molecule has 0 fully saturated rings. The van der Waals surface area contributed by atoms with E-state index < -0.39 is 0 Å². The van der Waals surface area contributed by atoms with Crippen molar-refractivity contribution in [3.8, 4) is 0 Å². The van der Waals surface area contributed by atoms with Crippen molar-refractivity contribution in [1.82, 2.24) is 5.32 Å². The van der Waals surface area contributed by atoms with E-state index >= 15 is 0 Å². The lowest BCUT2D eigenvalue weighted by Crippen LogP contribution is -2.27. The van der Waals surface area contributed by atoms with Gasteiger partial charge in [0, 0.05) is 26.3 Å². The molecule has 0 radical (unpaired) electrons. The van der Waals surface area contributed by atoms with Crippen LogP contribution in [0.3, 0.4) is 0 Å². The zero-order valence-electron chi connectivity index (χ0n) is 12.0. The number of carbonyl (C=O) groups excluding carboxylic acids is 1. The van der Waals surface area contributed by atoms with Gasteiger partial charge in [-0.05, 0) is 24.1 Å². The molecule has 0 heterocycles. The van der Waals surface area contributed by atoms with E-state index in [2.05, 4.69) is 17.4 Å². The molecule has 104 valence electrons. The molecule has 20 heavy (non-hydrogen) atoms. The van der Waals surface area contributed by atoms with Gasteiger partial charge in [0.15, 0.2) is 0 Å². The average Bonchev–Trinajstić information content (AvgIpc) is 2.48. The molecular weight excluding hydrogens is 248 g/mol. The summed E-state index contributed by atoms with van der Waals surface area (Å²) in [6.07, 6.45) is 0.844. The Morgan fingerprint density at radius 3 is 2.35 bits per heavy atom. The summed E-state index contributed by atoms with van der Waals surface area (Å²) in [6, 6.07) is 17.8. The summed E-state index contributed by atoms with van der Waals surface area (Å²) in [4.78, 5) is 14.2. The molecule has 0 aliphatic heterocycles. The monoisotopic (exact) mass is 268 g/mol. The van der Waals surface area contributed by atoms with Crippen LogP contribution in [-0.2, 0) is 6.42 Å². The highest BCUT2D eigenvalue weighted by Gasteiger charge is 2.11. The average molecular weight is 268 g/mol. The molecule has 0 atom stereocenters. The lowest BCUT2D eigenvalue weighted by molar-refractivity contribution is 0.0954. The minimum Gasteiger partial charge on any atom is -0.377 e. The normalized spacial score (nSPS) is 10.1. The maximum Gasteiger partial charge on any atom is 0.253 e. The van der Waals surface area contributed by atoms with Crippen molar-refractivity contribution >= 4 is 11.6 Å². The van der Waals surface area contributed by atoms with E-state index in [1.165, 1.54) is 5.56 Å². The fourth-order valence-corrected chi connectivity index (χ4v) is 2.12. The Hall–Kier alpha value is -2.29. The summed E-state index contributed by atoms with van der Waals surface area (Å²) in [5, 5.41) is 2.98. The first-order valence-electron chi connectivity index (χ1n) is 6.77. The van der Waals surface area contributed by atoms with Crippen LogP contribution in [0, 0.1) is 0 Å². The van der Waals surface area contributed by atoms with E-state index in [4.69, 9.17) is 0 Å².